The Morgan fingerprint density at radius 1 is 1.50 bits per heavy atom. The van der Waals surface area contributed by atoms with Gasteiger partial charge in [-0.2, -0.15) is 0 Å². The second-order valence-corrected chi connectivity index (χ2v) is 7.62. The van der Waals surface area contributed by atoms with Crippen molar-refractivity contribution in [3.63, 3.8) is 0 Å². The number of nitrogens with zero attached hydrogens (tertiary/aromatic N) is 3. The molecule has 0 aliphatic carbocycles. The molecule has 2 rings (SSSR count). The van der Waals surface area contributed by atoms with Crippen molar-refractivity contribution in [3.8, 4) is 0 Å². The second-order valence-electron chi connectivity index (χ2n) is 4.83. The van der Waals surface area contributed by atoms with E-state index in [4.69, 9.17) is 0 Å². The van der Waals surface area contributed by atoms with E-state index in [9.17, 15) is 4.55 Å². The van der Waals surface area contributed by atoms with Crippen molar-refractivity contribution < 1.29 is 4.55 Å². The normalized spacial score (nSPS) is 14.5. The quantitative estimate of drug-likeness (QED) is 0.629. The van der Waals surface area contributed by atoms with Gasteiger partial charge in [-0.3, -0.25) is 4.40 Å². The van der Waals surface area contributed by atoms with Crippen LogP contribution in [0.15, 0.2) is 33.4 Å². The highest BCUT2D eigenvalue weighted by Gasteiger charge is 2.25. The summed E-state index contributed by atoms with van der Waals surface area (Å²) in [5.74, 6) is 0. The standard InChI is InChI=1S/C12H14BrN3OS/c1-12(2,3)18(17)15-8-9-7-14-11-10(13)5-4-6-16(9)11/h4-8H,1-3H3/b15-8-. The Kier molecular flexibility index (Phi) is 3.79. The van der Waals surface area contributed by atoms with Crippen LogP contribution in [0.25, 0.3) is 5.65 Å². The number of imidazole rings is 1. The number of pyridine rings is 1. The summed E-state index contributed by atoms with van der Waals surface area (Å²) in [4.78, 5) is 4.28. The summed E-state index contributed by atoms with van der Waals surface area (Å²) in [6, 6.07) is 3.84. The van der Waals surface area contributed by atoms with Gasteiger partial charge in [-0.25, -0.2) is 4.98 Å². The van der Waals surface area contributed by atoms with Gasteiger partial charge in [0.25, 0.3) is 0 Å². The highest BCUT2D eigenvalue weighted by molar-refractivity contribution is 9.10. The third kappa shape index (κ3) is 2.76. The van der Waals surface area contributed by atoms with Crippen LogP contribution in [0, 0.1) is 0 Å². The fraction of sp³-hybridized carbons (Fsp3) is 0.333. The first kappa shape index (κ1) is 13.6. The van der Waals surface area contributed by atoms with Crippen molar-refractivity contribution in [2.24, 2.45) is 4.40 Å². The van der Waals surface area contributed by atoms with Gasteiger partial charge in [-0.1, -0.05) is 4.40 Å². The highest BCUT2D eigenvalue weighted by atomic mass is 79.9. The zero-order valence-electron chi connectivity index (χ0n) is 10.4. The van der Waals surface area contributed by atoms with Crippen LogP contribution in [-0.4, -0.2) is 24.9 Å². The van der Waals surface area contributed by atoms with Crippen molar-refractivity contribution in [1.29, 1.82) is 0 Å². The molecule has 0 saturated heterocycles. The molecule has 0 N–H and O–H groups in total. The molecule has 4 nitrogen and oxygen atoms in total. The van der Waals surface area contributed by atoms with E-state index in [2.05, 4.69) is 25.3 Å². The molecular formula is C12H14BrN3OS. The molecule has 1 atom stereocenters. The Morgan fingerprint density at radius 2 is 2.22 bits per heavy atom. The molecule has 0 fully saturated rings. The van der Waals surface area contributed by atoms with Crippen molar-refractivity contribution in [1.82, 2.24) is 9.38 Å². The minimum atomic E-state index is -1.25. The first-order chi connectivity index (χ1) is 8.39. The first-order valence-electron chi connectivity index (χ1n) is 5.47. The number of fused-ring (bicyclic) bond motifs is 1. The summed E-state index contributed by atoms with van der Waals surface area (Å²) in [5.41, 5.74) is 1.63. The Morgan fingerprint density at radius 3 is 2.89 bits per heavy atom. The van der Waals surface area contributed by atoms with Gasteiger partial charge in [-0.05, 0) is 48.8 Å². The third-order valence-corrected chi connectivity index (χ3v) is 4.28. The van der Waals surface area contributed by atoms with Gasteiger partial charge in [0.1, 0.15) is 22.3 Å². The molecule has 1 unspecified atom stereocenters. The van der Waals surface area contributed by atoms with Crippen LogP contribution in [0.1, 0.15) is 26.5 Å². The maximum Gasteiger partial charge on any atom is 0.151 e. The molecule has 2 aromatic rings. The van der Waals surface area contributed by atoms with E-state index < -0.39 is 11.4 Å². The Labute approximate surface area is 118 Å². The summed E-state index contributed by atoms with van der Waals surface area (Å²) in [7, 11) is 0. The van der Waals surface area contributed by atoms with E-state index >= 15 is 0 Å². The van der Waals surface area contributed by atoms with Crippen LogP contribution in [-0.2, 0) is 11.4 Å². The van der Waals surface area contributed by atoms with E-state index in [-0.39, 0.29) is 4.75 Å². The molecule has 0 saturated carbocycles. The fourth-order valence-corrected chi connectivity index (χ4v) is 2.32. The molecule has 18 heavy (non-hydrogen) atoms. The van der Waals surface area contributed by atoms with Crippen LogP contribution < -0.4 is 0 Å². The lowest BCUT2D eigenvalue weighted by molar-refractivity contribution is 0.562. The van der Waals surface area contributed by atoms with Crippen molar-refractivity contribution in [2.75, 3.05) is 0 Å². The van der Waals surface area contributed by atoms with Crippen molar-refractivity contribution in [3.05, 3.63) is 34.7 Å². The second kappa shape index (κ2) is 5.03. The van der Waals surface area contributed by atoms with E-state index in [1.807, 2.05) is 43.5 Å². The van der Waals surface area contributed by atoms with Crippen LogP contribution in [0.5, 0.6) is 0 Å². The first-order valence-corrected chi connectivity index (χ1v) is 7.37. The van der Waals surface area contributed by atoms with Crippen molar-refractivity contribution in [2.45, 2.75) is 25.5 Å². The predicted octanol–water partition coefficient (Wildman–Crippen LogP) is 2.98. The topological polar surface area (TPSA) is 52.7 Å². The number of rotatable bonds is 2. The maximum atomic E-state index is 11.8. The molecule has 2 heterocycles. The number of aromatic nitrogens is 2. The summed E-state index contributed by atoms with van der Waals surface area (Å²) in [6.07, 6.45) is 5.21. The zero-order chi connectivity index (χ0) is 13.3. The van der Waals surface area contributed by atoms with E-state index in [0.29, 0.717) is 0 Å². The number of halogens is 1. The lowest BCUT2D eigenvalue weighted by Gasteiger charge is -2.17. The smallest absolute Gasteiger partial charge is 0.151 e. The Hall–Kier alpha value is -0.850. The Balaban J connectivity index is 2.33. The van der Waals surface area contributed by atoms with Crippen LogP contribution in [0.2, 0.25) is 0 Å². The average Bonchev–Trinajstić information content (AvgIpc) is 2.69. The van der Waals surface area contributed by atoms with E-state index in [1.165, 1.54) is 0 Å². The van der Waals surface area contributed by atoms with Crippen LogP contribution >= 0.6 is 15.9 Å². The van der Waals surface area contributed by atoms with Gasteiger partial charge in [0.05, 0.1) is 16.4 Å². The fourth-order valence-electron chi connectivity index (χ4n) is 1.35. The SMILES string of the molecule is CC(C)(C)[S+]([O-])/N=C\c1cnc2c(Br)cccn12. The average molecular weight is 328 g/mol. The predicted molar refractivity (Wildman–Crippen MR) is 78.4 cm³/mol. The summed E-state index contributed by atoms with van der Waals surface area (Å²) in [5, 5.41) is 0. The van der Waals surface area contributed by atoms with Gasteiger partial charge in [0, 0.05) is 6.20 Å². The van der Waals surface area contributed by atoms with Crippen molar-refractivity contribution >= 4 is 39.2 Å². The zero-order valence-corrected chi connectivity index (χ0v) is 12.8. The molecule has 0 bridgehead atoms. The van der Waals surface area contributed by atoms with Gasteiger partial charge in [0.2, 0.25) is 0 Å². The maximum absolute atomic E-state index is 11.8. The Bertz CT molecular complexity index is 589. The molecule has 0 aliphatic heterocycles. The molecule has 0 spiro atoms. The molecule has 0 amide bonds. The highest BCUT2D eigenvalue weighted by Crippen LogP contribution is 2.19. The molecule has 0 radical (unpaired) electrons. The minimum absolute atomic E-state index is 0.350. The van der Waals surface area contributed by atoms with Gasteiger partial charge in [-0.15, -0.1) is 0 Å². The largest absolute Gasteiger partial charge is 0.591 e. The molecule has 2 aromatic heterocycles. The van der Waals surface area contributed by atoms with E-state index in [0.717, 1.165) is 15.8 Å². The van der Waals surface area contributed by atoms with Gasteiger partial charge < -0.3 is 4.55 Å². The number of hydrogen-bond acceptors (Lipinski definition) is 3. The van der Waals surface area contributed by atoms with E-state index in [1.54, 1.807) is 12.4 Å². The molecule has 0 aliphatic rings. The van der Waals surface area contributed by atoms with Gasteiger partial charge >= 0.3 is 0 Å². The summed E-state index contributed by atoms with van der Waals surface area (Å²) >= 11 is 2.18. The van der Waals surface area contributed by atoms with Gasteiger partial charge in [0.15, 0.2) is 5.65 Å². The monoisotopic (exact) mass is 327 g/mol. The molecule has 96 valence electrons. The third-order valence-electron chi connectivity index (χ3n) is 2.32. The van der Waals surface area contributed by atoms with Crippen LogP contribution in [0.3, 0.4) is 0 Å². The lowest BCUT2D eigenvalue weighted by atomic mass is 10.3. The lowest BCUT2D eigenvalue weighted by Crippen LogP contribution is -2.25. The molecule has 0 aromatic carbocycles. The minimum Gasteiger partial charge on any atom is -0.591 e. The number of hydrogen-bond donors (Lipinski definition) is 0. The molecular weight excluding hydrogens is 314 g/mol. The summed E-state index contributed by atoms with van der Waals surface area (Å²) < 4.78 is 18.4. The summed E-state index contributed by atoms with van der Waals surface area (Å²) in [6.45, 7) is 5.68. The molecule has 6 heteroatoms. The van der Waals surface area contributed by atoms with Crippen LogP contribution in [0.4, 0.5) is 0 Å².